The van der Waals surface area contributed by atoms with Crippen molar-refractivity contribution in [3.63, 3.8) is 0 Å². The molecule has 2 N–H and O–H groups in total. The van der Waals surface area contributed by atoms with Crippen LogP contribution >= 0.6 is 0 Å². The standard InChI is InChI=1S/C14H20F3NO/c1-9(2)4-7-12(18)11-6-5-10(14(15,16)17)8-13(11)19-3/h5-6,8-9,12H,4,7,18H2,1-3H3/t12-/m1/s1. The molecule has 0 amide bonds. The van der Waals surface area contributed by atoms with Crippen molar-refractivity contribution >= 4 is 0 Å². The Hall–Kier alpha value is -1.23. The summed E-state index contributed by atoms with van der Waals surface area (Å²) in [5.74, 6) is 0.706. The van der Waals surface area contributed by atoms with Gasteiger partial charge in [0.2, 0.25) is 0 Å². The van der Waals surface area contributed by atoms with Crippen molar-refractivity contribution in [2.45, 2.75) is 38.9 Å². The molecule has 5 heteroatoms. The Morgan fingerprint density at radius 1 is 1.21 bits per heavy atom. The van der Waals surface area contributed by atoms with Gasteiger partial charge in [0.05, 0.1) is 12.7 Å². The number of hydrogen-bond donors (Lipinski definition) is 1. The van der Waals surface area contributed by atoms with Crippen molar-refractivity contribution in [2.24, 2.45) is 11.7 Å². The summed E-state index contributed by atoms with van der Waals surface area (Å²) in [6.07, 6.45) is -2.72. The number of methoxy groups -OCH3 is 1. The lowest BCUT2D eigenvalue weighted by Crippen LogP contribution is -2.14. The molecule has 0 fully saturated rings. The van der Waals surface area contributed by atoms with Crippen molar-refractivity contribution in [1.29, 1.82) is 0 Å². The Morgan fingerprint density at radius 3 is 2.32 bits per heavy atom. The number of alkyl halides is 3. The van der Waals surface area contributed by atoms with E-state index in [1.165, 1.54) is 13.2 Å². The summed E-state index contributed by atoms with van der Waals surface area (Å²) < 4.78 is 42.8. The maximum atomic E-state index is 12.6. The van der Waals surface area contributed by atoms with Gasteiger partial charge in [-0.3, -0.25) is 0 Å². The molecule has 1 aromatic carbocycles. The molecule has 108 valence electrons. The summed E-state index contributed by atoms with van der Waals surface area (Å²) in [5, 5.41) is 0. The van der Waals surface area contributed by atoms with Gasteiger partial charge in [0.15, 0.2) is 0 Å². The second kappa shape index (κ2) is 6.28. The van der Waals surface area contributed by atoms with Crippen LogP contribution in [0.15, 0.2) is 18.2 Å². The highest BCUT2D eigenvalue weighted by molar-refractivity contribution is 5.40. The number of rotatable bonds is 5. The number of benzene rings is 1. The molecule has 0 heterocycles. The highest BCUT2D eigenvalue weighted by atomic mass is 19.4. The molecule has 1 atom stereocenters. The van der Waals surface area contributed by atoms with Crippen LogP contribution in [-0.2, 0) is 6.18 Å². The van der Waals surface area contributed by atoms with E-state index in [4.69, 9.17) is 10.5 Å². The Balaban J connectivity index is 2.96. The molecule has 0 aromatic heterocycles. The predicted octanol–water partition coefficient (Wildman–Crippen LogP) is 4.15. The summed E-state index contributed by atoms with van der Waals surface area (Å²) >= 11 is 0. The van der Waals surface area contributed by atoms with Crippen molar-refractivity contribution in [1.82, 2.24) is 0 Å². The summed E-state index contributed by atoms with van der Waals surface area (Å²) in [6.45, 7) is 4.16. The molecule has 19 heavy (non-hydrogen) atoms. The molecule has 0 bridgehead atoms. The first-order valence-corrected chi connectivity index (χ1v) is 6.26. The molecule has 0 saturated carbocycles. The van der Waals surface area contributed by atoms with Gasteiger partial charge in [-0.25, -0.2) is 0 Å². The molecule has 0 aliphatic carbocycles. The highest BCUT2D eigenvalue weighted by Gasteiger charge is 2.31. The van der Waals surface area contributed by atoms with Crippen molar-refractivity contribution < 1.29 is 17.9 Å². The lowest BCUT2D eigenvalue weighted by atomic mass is 9.96. The maximum Gasteiger partial charge on any atom is 0.416 e. The average molecular weight is 275 g/mol. The lowest BCUT2D eigenvalue weighted by Gasteiger charge is -2.18. The number of halogens is 3. The Labute approximate surface area is 111 Å². The van der Waals surface area contributed by atoms with E-state index in [1.807, 2.05) is 0 Å². The second-order valence-corrected chi connectivity index (χ2v) is 5.03. The van der Waals surface area contributed by atoms with Crippen LogP contribution in [0.25, 0.3) is 0 Å². The van der Waals surface area contributed by atoms with Gasteiger partial charge in [0, 0.05) is 11.6 Å². The third-order valence-corrected chi connectivity index (χ3v) is 3.02. The predicted molar refractivity (Wildman–Crippen MR) is 69.0 cm³/mol. The molecule has 0 spiro atoms. The third-order valence-electron chi connectivity index (χ3n) is 3.02. The second-order valence-electron chi connectivity index (χ2n) is 5.03. The van der Waals surface area contributed by atoms with Crippen molar-refractivity contribution in [3.8, 4) is 5.75 Å². The van der Waals surface area contributed by atoms with Crippen LogP contribution in [-0.4, -0.2) is 7.11 Å². The highest BCUT2D eigenvalue weighted by Crippen LogP contribution is 2.35. The van der Waals surface area contributed by atoms with E-state index in [-0.39, 0.29) is 11.8 Å². The Morgan fingerprint density at radius 2 is 1.84 bits per heavy atom. The minimum atomic E-state index is -4.37. The van der Waals surface area contributed by atoms with E-state index in [0.717, 1.165) is 25.0 Å². The van der Waals surface area contributed by atoms with Crippen LogP contribution < -0.4 is 10.5 Å². The van der Waals surface area contributed by atoms with Gasteiger partial charge in [-0.2, -0.15) is 13.2 Å². The van der Waals surface area contributed by atoms with Gasteiger partial charge >= 0.3 is 6.18 Å². The van der Waals surface area contributed by atoms with Crippen LogP contribution in [0.4, 0.5) is 13.2 Å². The summed E-state index contributed by atoms with van der Waals surface area (Å²) in [6, 6.07) is 3.16. The minimum absolute atomic E-state index is 0.200. The van der Waals surface area contributed by atoms with Crippen LogP contribution in [0.1, 0.15) is 43.9 Å². The van der Waals surface area contributed by atoms with Gasteiger partial charge < -0.3 is 10.5 Å². The fourth-order valence-electron chi connectivity index (χ4n) is 1.86. The van der Waals surface area contributed by atoms with Crippen LogP contribution in [0.5, 0.6) is 5.75 Å². The third kappa shape index (κ3) is 4.42. The van der Waals surface area contributed by atoms with E-state index < -0.39 is 11.7 Å². The normalized spacial score (nSPS) is 13.7. The molecule has 0 radical (unpaired) electrons. The molecule has 0 aliphatic heterocycles. The maximum absolute atomic E-state index is 12.6. The first-order chi connectivity index (χ1) is 8.75. The topological polar surface area (TPSA) is 35.2 Å². The first kappa shape index (κ1) is 15.8. The monoisotopic (exact) mass is 275 g/mol. The largest absolute Gasteiger partial charge is 0.496 e. The molecule has 2 nitrogen and oxygen atoms in total. The molecule has 1 rings (SSSR count). The zero-order valence-electron chi connectivity index (χ0n) is 11.4. The number of nitrogens with two attached hydrogens (primary N) is 1. The van der Waals surface area contributed by atoms with Crippen molar-refractivity contribution in [2.75, 3.05) is 7.11 Å². The summed E-state index contributed by atoms with van der Waals surface area (Å²) in [7, 11) is 1.36. The van der Waals surface area contributed by atoms with Gasteiger partial charge in [-0.1, -0.05) is 19.9 Å². The smallest absolute Gasteiger partial charge is 0.416 e. The van der Waals surface area contributed by atoms with E-state index >= 15 is 0 Å². The van der Waals surface area contributed by atoms with Gasteiger partial charge in [0.1, 0.15) is 5.75 Å². The molecule has 1 aromatic rings. The van der Waals surface area contributed by atoms with E-state index in [1.54, 1.807) is 0 Å². The van der Waals surface area contributed by atoms with Crippen LogP contribution in [0.2, 0.25) is 0 Å². The zero-order valence-corrected chi connectivity index (χ0v) is 11.4. The van der Waals surface area contributed by atoms with Crippen LogP contribution in [0, 0.1) is 5.92 Å². The number of hydrogen-bond acceptors (Lipinski definition) is 2. The fraction of sp³-hybridized carbons (Fsp3) is 0.571. The molecule has 0 saturated heterocycles. The molecular formula is C14H20F3NO. The van der Waals surface area contributed by atoms with E-state index in [2.05, 4.69) is 13.8 Å². The molecule has 0 aliphatic rings. The summed E-state index contributed by atoms with van der Waals surface area (Å²) in [4.78, 5) is 0. The van der Waals surface area contributed by atoms with E-state index in [9.17, 15) is 13.2 Å². The first-order valence-electron chi connectivity index (χ1n) is 6.26. The van der Waals surface area contributed by atoms with E-state index in [0.29, 0.717) is 11.5 Å². The van der Waals surface area contributed by atoms with Gasteiger partial charge in [-0.15, -0.1) is 0 Å². The van der Waals surface area contributed by atoms with Gasteiger partial charge in [-0.05, 0) is 30.9 Å². The van der Waals surface area contributed by atoms with Crippen molar-refractivity contribution in [3.05, 3.63) is 29.3 Å². The Kier molecular flexibility index (Phi) is 5.23. The SMILES string of the molecule is COc1cc(C(F)(F)F)ccc1[C@H](N)CCC(C)C. The average Bonchev–Trinajstić information content (AvgIpc) is 2.33. The van der Waals surface area contributed by atoms with Crippen LogP contribution in [0.3, 0.4) is 0 Å². The zero-order chi connectivity index (χ0) is 14.6. The van der Waals surface area contributed by atoms with Gasteiger partial charge in [0.25, 0.3) is 0 Å². The Bertz CT molecular complexity index is 416. The fourth-order valence-corrected chi connectivity index (χ4v) is 1.86. The minimum Gasteiger partial charge on any atom is -0.496 e. The molecule has 0 unspecified atom stereocenters. The summed E-state index contributed by atoms with van der Waals surface area (Å²) in [5.41, 5.74) is 5.92. The lowest BCUT2D eigenvalue weighted by molar-refractivity contribution is -0.137. The molecular weight excluding hydrogens is 255 g/mol. The number of ether oxygens (including phenoxy) is 1. The quantitative estimate of drug-likeness (QED) is 0.876.